The summed E-state index contributed by atoms with van der Waals surface area (Å²) in [5.74, 6) is 1.34. The fourth-order valence-electron chi connectivity index (χ4n) is 4.59. The van der Waals surface area contributed by atoms with Gasteiger partial charge in [-0.25, -0.2) is 0 Å². The number of rotatable bonds is 8. The molecule has 2 atom stereocenters. The average Bonchev–Trinajstić information content (AvgIpc) is 2.71. The molecular formula is C24H32F6P2Si. The maximum Gasteiger partial charge on any atom is 0.417 e. The number of hydrogen-bond donors (Lipinski definition) is 0. The van der Waals surface area contributed by atoms with E-state index in [1.807, 2.05) is 13.3 Å². The van der Waals surface area contributed by atoms with Crippen molar-refractivity contribution in [2.45, 2.75) is 51.1 Å². The Bertz CT molecular complexity index is 848. The molecule has 0 heterocycles. The summed E-state index contributed by atoms with van der Waals surface area (Å²) in [4.78, 5) is 0. The normalized spacial score (nSPS) is 15.2. The summed E-state index contributed by atoms with van der Waals surface area (Å²) in [6.45, 7) is 12.2. The summed E-state index contributed by atoms with van der Waals surface area (Å²) in [6.07, 6.45) is -8.84. The van der Waals surface area contributed by atoms with E-state index >= 15 is 0 Å². The zero-order valence-corrected chi connectivity index (χ0v) is 22.6. The molecule has 0 aromatic heterocycles. The highest BCUT2D eigenvalue weighted by Crippen LogP contribution is 2.50. The Balaban J connectivity index is 2.48. The Labute approximate surface area is 196 Å². The first-order chi connectivity index (χ1) is 15.1. The zero-order chi connectivity index (χ0) is 25.2. The van der Waals surface area contributed by atoms with E-state index in [0.717, 1.165) is 12.1 Å². The van der Waals surface area contributed by atoms with Crippen LogP contribution in [0.1, 0.15) is 38.8 Å². The molecule has 0 nitrogen and oxygen atoms in total. The molecule has 0 saturated carbocycles. The van der Waals surface area contributed by atoms with Crippen LogP contribution in [0.5, 0.6) is 0 Å². The molecule has 0 aliphatic carbocycles. The maximum absolute atomic E-state index is 13.7. The predicted molar refractivity (Wildman–Crippen MR) is 134 cm³/mol. The van der Waals surface area contributed by atoms with Gasteiger partial charge in [-0.05, 0) is 47.6 Å². The molecule has 0 radical (unpaired) electrons. The highest BCUT2D eigenvalue weighted by Gasteiger charge is 2.44. The molecule has 0 spiro atoms. The lowest BCUT2D eigenvalue weighted by atomic mass is 10.2. The number of alkyl halides is 6. The highest BCUT2D eigenvalue weighted by atomic mass is 31.1. The van der Waals surface area contributed by atoms with E-state index in [1.165, 1.54) is 12.1 Å². The molecule has 0 amide bonds. The maximum atomic E-state index is 13.7. The van der Waals surface area contributed by atoms with Crippen LogP contribution in [-0.2, 0) is 12.4 Å². The second kappa shape index (κ2) is 10.8. The minimum absolute atomic E-state index is 0.239. The Morgan fingerprint density at radius 2 is 0.939 bits per heavy atom. The third-order valence-corrected chi connectivity index (χ3v) is 22.1. The SMILES string of the molecule is CC(C)[Si](CP(C)c1ccccc1C(F)(F)F)(CP(C)c1ccccc1C(F)(F)F)C(C)C. The Morgan fingerprint density at radius 1 is 0.636 bits per heavy atom. The molecule has 2 aromatic carbocycles. The third-order valence-electron chi connectivity index (χ3n) is 6.60. The van der Waals surface area contributed by atoms with Crippen molar-refractivity contribution in [2.75, 3.05) is 24.9 Å². The molecular weight excluding hydrogens is 492 g/mol. The van der Waals surface area contributed by atoms with Crippen molar-refractivity contribution in [3.8, 4) is 0 Å². The lowest BCUT2D eigenvalue weighted by Crippen LogP contribution is -2.50. The minimum atomic E-state index is -4.42. The summed E-state index contributed by atoms with van der Waals surface area (Å²) < 4.78 is 82.0. The molecule has 9 heteroatoms. The molecule has 0 aliphatic heterocycles. The molecule has 0 fully saturated rings. The molecule has 2 aromatic rings. The fourth-order valence-corrected chi connectivity index (χ4v) is 23.4. The van der Waals surface area contributed by atoms with E-state index in [1.54, 1.807) is 24.3 Å². The van der Waals surface area contributed by atoms with Crippen molar-refractivity contribution >= 4 is 34.5 Å². The first-order valence-electron chi connectivity index (χ1n) is 10.9. The van der Waals surface area contributed by atoms with Gasteiger partial charge in [0.1, 0.15) is 0 Å². The molecule has 0 saturated heterocycles. The lowest BCUT2D eigenvalue weighted by molar-refractivity contribution is -0.137. The largest absolute Gasteiger partial charge is 0.417 e. The van der Waals surface area contributed by atoms with Crippen LogP contribution in [0.3, 0.4) is 0 Å². The molecule has 33 heavy (non-hydrogen) atoms. The van der Waals surface area contributed by atoms with E-state index in [-0.39, 0.29) is 11.1 Å². The lowest BCUT2D eigenvalue weighted by Gasteiger charge is -2.44. The van der Waals surface area contributed by atoms with Crippen LogP contribution >= 0.6 is 15.8 Å². The van der Waals surface area contributed by atoms with Gasteiger partial charge >= 0.3 is 12.4 Å². The van der Waals surface area contributed by atoms with Gasteiger partial charge < -0.3 is 0 Å². The predicted octanol–water partition coefficient (Wildman–Crippen LogP) is 8.25. The molecule has 2 unspecified atom stereocenters. The molecule has 0 bridgehead atoms. The number of halogens is 6. The van der Waals surface area contributed by atoms with Gasteiger partial charge in [-0.15, -0.1) is 0 Å². The number of benzene rings is 2. The quantitative estimate of drug-likeness (QED) is 0.185. The van der Waals surface area contributed by atoms with Gasteiger partial charge in [0.05, 0.1) is 19.2 Å². The monoisotopic (exact) mass is 524 g/mol. The van der Waals surface area contributed by atoms with Crippen molar-refractivity contribution in [2.24, 2.45) is 0 Å². The van der Waals surface area contributed by atoms with E-state index < -0.39 is 47.4 Å². The Morgan fingerprint density at radius 3 is 1.21 bits per heavy atom. The summed E-state index contributed by atoms with van der Waals surface area (Å²) in [7, 11) is -4.51. The van der Waals surface area contributed by atoms with Gasteiger partial charge in [-0.3, -0.25) is 0 Å². The Hall–Kier alpha value is -0.903. The fraction of sp³-hybridized carbons (Fsp3) is 0.500. The van der Waals surface area contributed by atoms with Gasteiger partial charge in [-0.1, -0.05) is 91.0 Å². The molecule has 0 aliphatic rings. The van der Waals surface area contributed by atoms with E-state index in [0.29, 0.717) is 22.2 Å². The standard InChI is InChI=1S/C24H32F6P2Si/c1-17(2)33(18(3)4,15-31(5)21-13-9-7-11-19(21)23(25,26)27)16-32(6)22-14-10-8-12-20(22)24(28,29)30/h7-14,17-18H,15-16H2,1-6H3. The second-order valence-electron chi connectivity index (χ2n) is 9.28. The van der Waals surface area contributed by atoms with Gasteiger partial charge in [0.15, 0.2) is 0 Å². The number of hydrogen-bond acceptors (Lipinski definition) is 0. The minimum Gasteiger partial charge on any atom is -0.166 e. The summed E-state index contributed by atoms with van der Waals surface area (Å²) >= 11 is 0. The van der Waals surface area contributed by atoms with Crippen molar-refractivity contribution in [3.63, 3.8) is 0 Å². The first-order valence-corrected chi connectivity index (χ1v) is 17.4. The van der Waals surface area contributed by atoms with Crippen LogP contribution in [0.15, 0.2) is 48.5 Å². The van der Waals surface area contributed by atoms with Gasteiger partial charge in [0, 0.05) is 0 Å². The van der Waals surface area contributed by atoms with Crippen LogP contribution in [0, 0.1) is 0 Å². The zero-order valence-electron chi connectivity index (χ0n) is 19.8. The smallest absolute Gasteiger partial charge is 0.166 e. The second-order valence-corrected chi connectivity index (χ2v) is 20.3. The summed E-state index contributed by atoms with van der Waals surface area (Å²) in [5, 5.41) is 0.684. The van der Waals surface area contributed by atoms with Gasteiger partial charge in [0.25, 0.3) is 0 Å². The van der Waals surface area contributed by atoms with Crippen molar-refractivity contribution in [3.05, 3.63) is 59.7 Å². The first kappa shape index (κ1) is 28.3. The summed E-state index contributed by atoms with van der Waals surface area (Å²) in [5.41, 5.74) is -0.697. The third kappa shape index (κ3) is 6.61. The van der Waals surface area contributed by atoms with Crippen LogP contribution in [0.25, 0.3) is 0 Å². The van der Waals surface area contributed by atoms with Crippen molar-refractivity contribution in [1.29, 1.82) is 0 Å². The van der Waals surface area contributed by atoms with Crippen LogP contribution in [-0.4, -0.2) is 33.0 Å². The molecule has 0 N–H and O–H groups in total. The Kier molecular flexibility index (Phi) is 9.26. The van der Waals surface area contributed by atoms with Crippen LogP contribution in [0.2, 0.25) is 11.1 Å². The average molecular weight is 525 g/mol. The van der Waals surface area contributed by atoms with E-state index in [9.17, 15) is 26.3 Å². The van der Waals surface area contributed by atoms with E-state index in [2.05, 4.69) is 27.7 Å². The molecule has 2 rings (SSSR count). The van der Waals surface area contributed by atoms with Crippen LogP contribution < -0.4 is 10.6 Å². The summed E-state index contributed by atoms with van der Waals surface area (Å²) in [6, 6.07) is 11.5. The topological polar surface area (TPSA) is 0 Å². The van der Waals surface area contributed by atoms with E-state index in [4.69, 9.17) is 0 Å². The van der Waals surface area contributed by atoms with Crippen LogP contribution in [0.4, 0.5) is 26.3 Å². The van der Waals surface area contributed by atoms with Gasteiger partial charge in [-0.2, -0.15) is 26.3 Å². The van der Waals surface area contributed by atoms with Gasteiger partial charge in [0.2, 0.25) is 0 Å². The highest BCUT2D eigenvalue weighted by molar-refractivity contribution is 7.70. The van der Waals surface area contributed by atoms with Crippen molar-refractivity contribution in [1.82, 2.24) is 0 Å². The molecule has 184 valence electrons. The van der Waals surface area contributed by atoms with Crippen molar-refractivity contribution < 1.29 is 26.3 Å².